The van der Waals surface area contributed by atoms with E-state index in [0.29, 0.717) is 18.1 Å². The van der Waals surface area contributed by atoms with Crippen molar-refractivity contribution in [3.63, 3.8) is 0 Å². The molecule has 0 radical (unpaired) electrons. The number of aromatic nitrogens is 2. The summed E-state index contributed by atoms with van der Waals surface area (Å²) in [5.41, 5.74) is 0. The molecule has 7 nitrogen and oxygen atoms in total. The molecule has 2 rings (SSSR count). The van der Waals surface area contributed by atoms with E-state index < -0.39 is 11.9 Å². The summed E-state index contributed by atoms with van der Waals surface area (Å²) in [5, 5.41) is 12.8. The molecule has 0 aromatic carbocycles. The molecule has 7 heteroatoms. The van der Waals surface area contributed by atoms with Crippen LogP contribution in [-0.4, -0.2) is 38.6 Å². The van der Waals surface area contributed by atoms with Crippen molar-refractivity contribution in [3.8, 4) is 0 Å². The molecular weight excluding hydrogens is 250 g/mol. The van der Waals surface area contributed by atoms with E-state index in [1.165, 1.54) is 4.90 Å². The first kappa shape index (κ1) is 13.5. The second kappa shape index (κ2) is 5.38. The average Bonchev–Trinajstić information content (AvgIpc) is 2.80. The molecule has 2 heterocycles. The minimum Gasteiger partial charge on any atom is -0.481 e. The van der Waals surface area contributed by atoms with E-state index in [2.05, 4.69) is 10.1 Å². The number of carboxylic acid groups (broad SMARTS) is 1. The third kappa shape index (κ3) is 3.10. The molecule has 0 saturated carbocycles. The van der Waals surface area contributed by atoms with E-state index in [1.54, 1.807) is 0 Å². The molecule has 19 heavy (non-hydrogen) atoms. The van der Waals surface area contributed by atoms with Crippen LogP contribution in [0.25, 0.3) is 0 Å². The minimum absolute atomic E-state index is 0.0617. The van der Waals surface area contributed by atoms with Gasteiger partial charge in [-0.2, -0.15) is 4.98 Å². The van der Waals surface area contributed by atoms with Crippen LogP contribution in [0.1, 0.15) is 44.3 Å². The summed E-state index contributed by atoms with van der Waals surface area (Å²) in [4.78, 5) is 28.4. The van der Waals surface area contributed by atoms with E-state index >= 15 is 0 Å². The van der Waals surface area contributed by atoms with Gasteiger partial charge in [0.2, 0.25) is 11.8 Å². The van der Waals surface area contributed by atoms with Gasteiger partial charge in [-0.1, -0.05) is 19.0 Å². The zero-order valence-electron chi connectivity index (χ0n) is 11.0. The second-order valence-corrected chi connectivity index (χ2v) is 5.05. The Morgan fingerprint density at radius 2 is 2.32 bits per heavy atom. The van der Waals surface area contributed by atoms with Gasteiger partial charge in [0.05, 0.1) is 12.5 Å². The molecule has 1 aromatic rings. The number of carbonyl (C=O) groups is 2. The number of hydrogen-bond acceptors (Lipinski definition) is 5. The van der Waals surface area contributed by atoms with Crippen LogP contribution in [0.2, 0.25) is 0 Å². The van der Waals surface area contributed by atoms with E-state index in [0.717, 1.165) is 0 Å². The van der Waals surface area contributed by atoms with Gasteiger partial charge in [0.25, 0.3) is 0 Å². The summed E-state index contributed by atoms with van der Waals surface area (Å²) in [6.07, 6.45) is 0.653. The molecule has 0 spiro atoms. The molecule has 0 bridgehead atoms. The lowest BCUT2D eigenvalue weighted by molar-refractivity contribution is -0.147. The van der Waals surface area contributed by atoms with Crippen LogP contribution in [0, 0.1) is 5.92 Å². The van der Waals surface area contributed by atoms with Crippen LogP contribution in [-0.2, 0) is 16.1 Å². The van der Waals surface area contributed by atoms with Crippen molar-refractivity contribution in [2.45, 2.75) is 39.2 Å². The summed E-state index contributed by atoms with van der Waals surface area (Å²) in [5.74, 6) is -0.363. The Hall–Kier alpha value is -1.92. The van der Waals surface area contributed by atoms with Gasteiger partial charge >= 0.3 is 5.97 Å². The molecule has 1 fully saturated rings. The third-order valence-corrected chi connectivity index (χ3v) is 3.16. The predicted octanol–water partition coefficient (Wildman–Crippen LogP) is 1.02. The number of piperidine rings is 1. The summed E-state index contributed by atoms with van der Waals surface area (Å²) in [6, 6.07) is 0. The van der Waals surface area contributed by atoms with Crippen molar-refractivity contribution < 1.29 is 19.2 Å². The Labute approximate surface area is 110 Å². The molecule has 1 N–H and O–H groups in total. The highest BCUT2D eigenvalue weighted by atomic mass is 16.5. The molecule has 1 aliphatic rings. The summed E-state index contributed by atoms with van der Waals surface area (Å²) in [6.45, 7) is 4.28. The fraction of sp³-hybridized carbons (Fsp3) is 0.667. The molecule has 1 amide bonds. The van der Waals surface area contributed by atoms with Crippen molar-refractivity contribution in [2.24, 2.45) is 5.92 Å². The number of amides is 1. The topological polar surface area (TPSA) is 96.5 Å². The predicted molar refractivity (Wildman–Crippen MR) is 64.2 cm³/mol. The number of carboxylic acids is 1. The monoisotopic (exact) mass is 267 g/mol. The third-order valence-electron chi connectivity index (χ3n) is 3.16. The smallest absolute Gasteiger partial charge is 0.308 e. The van der Waals surface area contributed by atoms with E-state index in [-0.39, 0.29) is 31.3 Å². The van der Waals surface area contributed by atoms with Crippen LogP contribution in [0.5, 0.6) is 0 Å². The van der Waals surface area contributed by atoms with Crippen LogP contribution < -0.4 is 0 Å². The van der Waals surface area contributed by atoms with Crippen molar-refractivity contribution in [1.29, 1.82) is 0 Å². The maximum Gasteiger partial charge on any atom is 0.308 e. The fourth-order valence-corrected chi connectivity index (χ4v) is 2.01. The summed E-state index contributed by atoms with van der Waals surface area (Å²) < 4.78 is 5.06. The Morgan fingerprint density at radius 3 is 2.89 bits per heavy atom. The number of likely N-dealkylation sites (tertiary alicyclic amines) is 1. The van der Waals surface area contributed by atoms with Gasteiger partial charge in [-0.3, -0.25) is 9.59 Å². The van der Waals surface area contributed by atoms with E-state index in [4.69, 9.17) is 9.63 Å². The average molecular weight is 267 g/mol. The summed E-state index contributed by atoms with van der Waals surface area (Å²) in [7, 11) is 0. The standard InChI is InChI=1S/C12H17N3O4/c1-7(2)11-13-9(14-19-11)6-15-5-8(12(17)18)3-4-10(15)16/h7-8H,3-6H2,1-2H3,(H,17,18). The zero-order chi connectivity index (χ0) is 14.0. The molecule has 104 valence electrons. The largest absolute Gasteiger partial charge is 0.481 e. The van der Waals surface area contributed by atoms with Gasteiger partial charge in [0, 0.05) is 18.9 Å². The lowest BCUT2D eigenvalue weighted by Crippen LogP contribution is -2.42. The number of rotatable bonds is 4. The SMILES string of the molecule is CC(C)c1nc(CN2CC(C(=O)O)CCC2=O)no1. The second-order valence-electron chi connectivity index (χ2n) is 5.05. The number of hydrogen-bond donors (Lipinski definition) is 1. The van der Waals surface area contributed by atoms with E-state index in [9.17, 15) is 9.59 Å². The molecule has 1 saturated heterocycles. The Balaban J connectivity index is 2.03. The molecular formula is C12H17N3O4. The number of nitrogens with zero attached hydrogens (tertiary/aromatic N) is 3. The molecule has 1 aromatic heterocycles. The summed E-state index contributed by atoms with van der Waals surface area (Å²) >= 11 is 0. The highest BCUT2D eigenvalue weighted by Gasteiger charge is 2.30. The van der Waals surface area contributed by atoms with Gasteiger partial charge in [-0.15, -0.1) is 0 Å². The highest BCUT2D eigenvalue weighted by Crippen LogP contribution is 2.20. The quantitative estimate of drug-likeness (QED) is 0.874. The van der Waals surface area contributed by atoms with Gasteiger partial charge in [0.1, 0.15) is 0 Å². The van der Waals surface area contributed by atoms with Crippen LogP contribution >= 0.6 is 0 Å². The van der Waals surface area contributed by atoms with E-state index in [1.807, 2.05) is 13.8 Å². The minimum atomic E-state index is -0.867. The first-order valence-electron chi connectivity index (χ1n) is 6.30. The first-order chi connectivity index (χ1) is 8.97. The van der Waals surface area contributed by atoms with Gasteiger partial charge < -0.3 is 14.5 Å². The fourth-order valence-electron chi connectivity index (χ4n) is 2.01. The number of carbonyl (C=O) groups excluding carboxylic acids is 1. The Bertz CT molecular complexity index is 483. The maximum absolute atomic E-state index is 11.8. The zero-order valence-corrected chi connectivity index (χ0v) is 11.0. The Kier molecular flexibility index (Phi) is 3.82. The van der Waals surface area contributed by atoms with Crippen molar-refractivity contribution in [3.05, 3.63) is 11.7 Å². The van der Waals surface area contributed by atoms with Gasteiger partial charge in [-0.25, -0.2) is 0 Å². The van der Waals surface area contributed by atoms with Crippen LogP contribution in [0.4, 0.5) is 0 Å². The first-order valence-corrected chi connectivity index (χ1v) is 6.30. The lowest BCUT2D eigenvalue weighted by Gasteiger charge is -2.29. The van der Waals surface area contributed by atoms with Crippen molar-refractivity contribution >= 4 is 11.9 Å². The maximum atomic E-state index is 11.8. The lowest BCUT2D eigenvalue weighted by atomic mass is 9.98. The molecule has 1 atom stereocenters. The normalized spacial score (nSPS) is 20.1. The van der Waals surface area contributed by atoms with Crippen molar-refractivity contribution in [1.82, 2.24) is 15.0 Å². The molecule has 1 aliphatic heterocycles. The molecule has 0 aliphatic carbocycles. The van der Waals surface area contributed by atoms with Crippen LogP contribution in [0.15, 0.2) is 4.52 Å². The van der Waals surface area contributed by atoms with Gasteiger partial charge in [0.15, 0.2) is 5.82 Å². The molecule has 1 unspecified atom stereocenters. The van der Waals surface area contributed by atoms with Crippen LogP contribution in [0.3, 0.4) is 0 Å². The Morgan fingerprint density at radius 1 is 1.58 bits per heavy atom. The van der Waals surface area contributed by atoms with Crippen molar-refractivity contribution in [2.75, 3.05) is 6.54 Å². The van der Waals surface area contributed by atoms with Gasteiger partial charge in [-0.05, 0) is 6.42 Å². The highest BCUT2D eigenvalue weighted by molar-refractivity contribution is 5.80. The number of aliphatic carboxylic acids is 1.